The molecule has 0 aromatic heterocycles. The van der Waals surface area contributed by atoms with Gasteiger partial charge in [0.15, 0.2) is 0 Å². The van der Waals surface area contributed by atoms with Crippen molar-refractivity contribution in [1.29, 1.82) is 0 Å². The zero-order valence-corrected chi connectivity index (χ0v) is 13.5. The minimum atomic E-state index is -1.20. The molecule has 0 saturated heterocycles. The molecule has 0 bridgehead atoms. The van der Waals surface area contributed by atoms with Crippen LogP contribution in [0.1, 0.15) is 52.4 Å². The third-order valence-corrected chi connectivity index (χ3v) is 4.64. The standard InChI is InChI=1S/C13H25INO3/c1-3-11-6-4-5-10(2)7-13(17,8-11)12(16)9-18-14-15/h10-11,17H,3-9,15H2,1-2H3/q-1. The van der Waals surface area contributed by atoms with Crippen molar-refractivity contribution in [3.05, 3.63) is 0 Å². The van der Waals surface area contributed by atoms with Gasteiger partial charge >= 0.3 is 121 Å². The van der Waals surface area contributed by atoms with Gasteiger partial charge in [-0.25, -0.2) is 0 Å². The SMILES string of the molecule is CCC1CCCC(C)CC(O)(C(=O)CO[I-]N)C1. The molecule has 0 heterocycles. The maximum absolute atomic E-state index is 12.1. The van der Waals surface area contributed by atoms with E-state index in [4.69, 9.17) is 7.01 Å². The van der Waals surface area contributed by atoms with Crippen LogP contribution in [0.3, 0.4) is 0 Å². The Morgan fingerprint density at radius 2 is 2.22 bits per heavy atom. The second kappa shape index (κ2) is 7.77. The molecule has 0 aliphatic heterocycles. The molecule has 0 aromatic carbocycles. The van der Waals surface area contributed by atoms with Crippen LogP contribution in [0.15, 0.2) is 0 Å². The van der Waals surface area contributed by atoms with Gasteiger partial charge in [0.1, 0.15) is 0 Å². The molecule has 18 heavy (non-hydrogen) atoms. The summed E-state index contributed by atoms with van der Waals surface area (Å²) < 4.78 is 10.4. The van der Waals surface area contributed by atoms with E-state index in [1.165, 1.54) is 6.42 Å². The molecule has 1 rings (SSSR count). The molecular weight excluding hydrogens is 345 g/mol. The summed E-state index contributed by atoms with van der Waals surface area (Å²) in [5.74, 6) is 0.656. The van der Waals surface area contributed by atoms with Crippen LogP contribution in [0.4, 0.5) is 0 Å². The molecule has 108 valence electrons. The van der Waals surface area contributed by atoms with E-state index >= 15 is 0 Å². The average molecular weight is 370 g/mol. The number of aliphatic hydroxyl groups is 1. The van der Waals surface area contributed by atoms with Gasteiger partial charge in [0.25, 0.3) is 0 Å². The van der Waals surface area contributed by atoms with Gasteiger partial charge in [-0.15, -0.1) is 0 Å². The van der Waals surface area contributed by atoms with E-state index in [1.807, 2.05) is 0 Å². The summed E-state index contributed by atoms with van der Waals surface area (Å²) >= 11 is -0.842. The van der Waals surface area contributed by atoms with Gasteiger partial charge in [0.2, 0.25) is 0 Å². The number of rotatable bonds is 5. The zero-order valence-electron chi connectivity index (χ0n) is 11.3. The number of nitrogens with two attached hydrogens (primary N) is 1. The van der Waals surface area contributed by atoms with Crippen LogP contribution >= 0.6 is 0 Å². The normalized spacial score (nSPS) is 34.0. The minimum absolute atomic E-state index is 0.0244. The van der Waals surface area contributed by atoms with Crippen molar-refractivity contribution >= 4 is 5.78 Å². The molecule has 1 aliphatic rings. The Balaban J connectivity index is 2.73. The van der Waals surface area contributed by atoms with Gasteiger partial charge in [-0.2, -0.15) is 0 Å². The molecule has 5 heteroatoms. The van der Waals surface area contributed by atoms with Crippen molar-refractivity contribution in [1.82, 2.24) is 0 Å². The number of Topliss-reactive ketones (excluding diaryl/α,β-unsaturated/α-hetero) is 1. The topological polar surface area (TPSA) is 72.5 Å². The van der Waals surface area contributed by atoms with Gasteiger partial charge in [-0.05, 0) is 0 Å². The van der Waals surface area contributed by atoms with Gasteiger partial charge < -0.3 is 0 Å². The number of halogens is 1. The van der Waals surface area contributed by atoms with Crippen LogP contribution in [0, 0.1) is 11.8 Å². The number of hydrogen-bond acceptors (Lipinski definition) is 4. The predicted molar refractivity (Wildman–Crippen MR) is 66.1 cm³/mol. The average Bonchev–Trinajstić information content (AvgIpc) is 2.32. The van der Waals surface area contributed by atoms with E-state index in [0.717, 1.165) is 19.3 Å². The first kappa shape index (κ1) is 16.3. The summed E-state index contributed by atoms with van der Waals surface area (Å²) in [5.41, 5.74) is -1.20. The van der Waals surface area contributed by atoms with Gasteiger partial charge in [0.05, 0.1) is 0 Å². The molecule has 0 amide bonds. The van der Waals surface area contributed by atoms with Crippen molar-refractivity contribution in [2.45, 2.75) is 58.0 Å². The van der Waals surface area contributed by atoms with Crippen molar-refractivity contribution in [2.75, 3.05) is 6.61 Å². The molecule has 0 radical (unpaired) electrons. The zero-order chi connectivity index (χ0) is 13.6. The Bertz CT molecular complexity index is 275. The summed E-state index contributed by atoms with van der Waals surface area (Å²) in [5, 5.41) is 10.7. The number of carbonyl (C=O) groups excluding carboxylic acids is 1. The van der Waals surface area contributed by atoms with Gasteiger partial charge in [0, 0.05) is 0 Å². The summed E-state index contributed by atoms with van der Waals surface area (Å²) in [6.45, 7) is 4.22. The summed E-state index contributed by atoms with van der Waals surface area (Å²) in [6, 6.07) is 0. The number of ketones is 1. The van der Waals surface area contributed by atoms with Crippen LogP contribution in [-0.2, 0) is 7.86 Å². The fraction of sp³-hybridized carbons (Fsp3) is 0.923. The summed E-state index contributed by atoms with van der Waals surface area (Å²) in [4.78, 5) is 12.1. The van der Waals surface area contributed by atoms with E-state index in [1.54, 1.807) is 0 Å². The Morgan fingerprint density at radius 3 is 2.83 bits per heavy atom. The molecular formula is C13H25INO3-. The predicted octanol–water partition coefficient (Wildman–Crippen LogP) is -1.19. The van der Waals surface area contributed by atoms with Crippen molar-refractivity contribution < 1.29 is 34.9 Å². The molecule has 1 fully saturated rings. The molecule has 3 unspecified atom stereocenters. The second-order valence-electron chi connectivity index (χ2n) is 5.52. The molecule has 1 saturated carbocycles. The maximum atomic E-state index is 12.1. The van der Waals surface area contributed by atoms with Crippen LogP contribution < -0.4 is 25.8 Å². The number of carbonyl (C=O) groups is 1. The van der Waals surface area contributed by atoms with E-state index < -0.39 is 27.5 Å². The second-order valence-corrected chi connectivity index (χ2v) is 6.65. The van der Waals surface area contributed by atoms with E-state index in [-0.39, 0.29) is 12.4 Å². The van der Waals surface area contributed by atoms with E-state index in [9.17, 15) is 9.90 Å². The van der Waals surface area contributed by atoms with Crippen LogP contribution in [0.5, 0.6) is 0 Å². The quantitative estimate of drug-likeness (QED) is 0.472. The Kier molecular flexibility index (Phi) is 7.05. The van der Waals surface area contributed by atoms with Gasteiger partial charge in [-0.1, -0.05) is 0 Å². The third kappa shape index (κ3) is 4.75. The van der Waals surface area contributed by atoms with Crippen molar-refractivity contribution in [2.24, 2.45) is 15.8 Å². The van der Waals surface area contributed by atoms with E-state index in [0.29, 0.717) is 24.7 Å². The van der Waals surface area contributed by atoms with E-state index in [2.05, 4.69) is 13.8 Å². The molecule has 3 N–H and O–H groups in total. The van der Waals surface area contributed by atoms with Crippen LogP contribution in [0.25, 0.3) is 0 Å². The monoisotopic (exact) mass is 370 g/mol. The fourth-order valence-corrected chi connectivity index (χ4v) is 3.35. The molecule has 0 spiro atoms. The molecule has 4 nitrogen and oxygen atoms in total. The van der Waals surface area contributed by atoms with Crippen molar-refractivity contribution in [3.8, 4) is 0 Å². The first-order chi connectivity index (χ1) is 8.51. The summed E-state index contributed by atoms with van der Waals surface area (Å²) in [7, 11) is 0. The summed E-state index contributed by atoms with van der Waals surface area (Å²) in [6.07, 6.45) is 5.58. The molecule has 1 aliphatic carbocycles. The molecule has 0 aromatic rings. The Morgan fingerprint density at radius 1 is 1.50 bits per heavy atom. The van der Waals surface area contributed by atoms with Crippen LogP contribution in [0.2, 0.25) is 0 Å². The van der Waals surface area contributed by atoms with Gasteiger partial charge in [-0.3, -0.25) is 0 Å². The van der Waals surface area contributed by atoms with Crippen molar-refractivity contribution in [3.63, 3.8) is 0 Å². The number of hydrogen-bond donors (Lipinski definition) is 2. The first-order valence-corrected chi connectivity index (χ1v) is 8.85. The third-order valence-electron chi connectivity index (χ3n) is 3.97. The molecule has 3 atom stereocenters. The van der Waals surface area contributed by atoms with Crippen LogP contribution in [-0.4, -0.2) is 23.1 Å². The fourth-order valence-electron chi connectivity index (χ4n) is 2.89. The first-order valence-electron chi connectivity index (χ1n) is 6.73. The Hall–Kier alpha value is 0.280. The Labute approximate surface area is 121 Å².